The minimum atomic E-state index is -3.06. The first kappa shape index (κ1) is 16.9. The normalized spacial score (nSPS) is 24.8. The maximum Gasteiger partial charge on any atom is 0.211 e. The fraction of sp³-hybridized carbons (Fsp3) is 1.00. The molecular weight excluding hydrogens is 264 g/mol. The van der Waals surface area contributed by atoms with Crippen molar-refractivity contribution in [3.8, 4) is 0 Å². The van der Waals surface area contributed by atoms with Gasteiger partial charge in [-0.3, -0.25) is 0 Å². The molecule has 0 aromatic rings. The van der Waals surface area contributed by atoms with Crippen LogP contribution in [-0.4, -0.2) is 57.0 Å². The van der Waals surface area contributed by atoms with E-state index in [2.05, 4.69) is 9.62 Å². The molecule has 2 N–H and O–H groups in total. The first-order chi connectivity index (χ1) is 8.94. The van der Waals surface area contributed by atoms with Gasteiger partial charge in [0.15, 0.2) is 0 Å². The molecule has 1 saturated carbocycles. The second kappa shape index (κ2) is 8.19. The maximum absolute atomic E-state index is 11.2. The lowest BCUT2D eigenvalue weighted by atomic mass is 9.86. The van der Waals surface area contributed by atoms with Gasteiger partial charge < -0.3 is 10.0 Å². The van der Waals surface area contributed by atoms with Crippen molar-refractivity contribution in [3.63, 3.8) is 0 Å². The van der Waals surface area contributed by atoms with E-state index in [1.807, 2.05) is 7.05 Å². The summed E-state index contributed by atoms with van der Waals surface area (Å²) >= 11 is 0. The predicted octanol–water partition coefficient (Wildman–Crippen LogP) is 0.799. The second-order valence-corrected chi connectivity index (χ2v) is 7.62. The molecule has 19 heavy (non-hydrogen) atoms. The minimum absolute atomic E-state index is 0.136. The molecule has 0 heterocycles. The minimum Gasteiger partial charge on any atom is -0.393 e. The Morgan fingerprint density at radius 2 is 2.00 bits per heavy atom. The van der Waals surface area contributed by atoms with Gasteiger partial charge in [0, 0.05) is 13.1 Å². The number of aliphatic hydroxyl groups is 1. The maximum atomic E-state index is 11.2. The molecule has 2 unspecified atom stereocenters. The molecule has 1 fully saturated rings. The van der Waals surface area contributed by atoms with Gasteiger partial charge in [0.05, 0.1) is 11.9 Å². The highest BCUT2D eigenvalue weighted by atomic mass is 32.2. The Balaban J connectivity index is 2.15. The van der Waals surface area contributed by atoms with E-state index in [0.717, 1.165) is 38.8 Å². The summed E-state index contributed by atoms with van der Waals surface area (Å²) in [6.45, 7) is 3.89. The van der Waals surface area contributed by atoms with E-state index in [1.165, 1.54) is 6.42 Å². The standard InChI is InChI=1S/C13H28N2O3S/c1-3-19(17,18)14-9-6-10-15(2)11-12-7-4-5-8-13(12)16/h12-14,16H,3-11H2,1-2H3. The van der Waals surface area contributed by atoms with Crippen LogP contribution >= 0.6 is 0 Å². The molecular formula is C13H28N2O3S. The molecule has 0 aromatic carbocycles. The van der Waals surface area contributed by atoms with E-state index in [0.29, 0.717) is 12.5 Å². The second-order valence-electron chi connectivity index (χ2n) is 5.53. The SMILES string of the molecule is CCS(=O)(=O)NCCCN(C)CC1CCCCC1O. The summed E-state index contributed by atoms with van der Waals surface area (Å²) in [6.07, 6.45) is 5.03. The van der Waals surface area contributed by atoms with Crippen molar-refractivity contribution in [1.82, 2.24) is 9.62 Å². The summed E-state index contributed by atoms with van der Waals surface area (Å²) in [5, 5.41) is 9.91. The molecule has 1 aliphatic carbocycles. The van der Waals surface area contributed by atoms with E-state index in [-0.39, 0.29) is 11.9 Å². The summed E-state index contributed by atoms with van der Waals surface area (Å²) in [7, 11) is -1.02. The lowest BCUT2D eigenvalue weighted by Crippen LogP contribution is -2.36. The van der Waals surface area contributed by atoms with Gasteiger partial charge in [-0.2, -0.15) is 0 Å². The number of hydrogen-bond acceptors (Lipinski definition) is 4. The molecule has 6 heteroatoms. The number of aliphatic hydroxyl groups excluding tert-OH is 1. The van der Waals surface area contributed by atoms with Gasteiger partial charge >= 0.3 is 0 Å². The van der Waals surface area contributed by atoms with Gasteiger partial charge in [-0.15, -0.1) is 0 Å². The van der Waals surface area contributed by atoms with Crippen LogP contribution in [0.2, 0.25) is 0 Å². The number of nitrogens with zero attached hydrogens (tertiary/aromatic N) is 1. The average molecular weight is 292 g/mol. The van der Waals surface area contributed by atoms with Gasteiger partial charge in [0.2, 0.25) is 10.0 Å². The molecule has 0 aromatic heterocycles. The summed E-state index contributed by atoms with van der Waals surface area (Å²) in [6, 6.07) is 0. The zero-order valence-corrected chi connectivity index (χ0v) is 13.0. The van der Waals surface area contributed by atoms with Gasteiger partial charge in [-0.25, -0.2) is 13.1 Å². The van der Waals surface area contributed by atoms with Crippen LogP contribution < -0.4 is 4.72 Å². The largest absolute Gasteiger partial charge is 0.393 e. The van der Waals surface area contributed by atoms with Crippen molar-refractivity contribution < 1.29 is 13.5 Å². The first-order valence-corrected chi connectivity index (χ1v) is 8.94. The highest BCUT2D eigenvalue weighted by Crippen LogP contribution is 2.24. The fourth-order valence-electron chi connectivity index (χ4n) is 2.57. The van der Waals surface area contributed by atoms with Crippen LogP contribution in [0, 0.1) is 5.92 Å². The van der Waals surface area contributed by atoms with E-state index in [1.54, 1.807) is 6.92 Å². The molecule has 2 atom stereocenters. The Labute approximate surface area is 117 Å². The van der Waals surface area contributed by atoms with Gasteiger partial charge in [-0.05, 0) is 45.7 Å². The van der Waals surface area contributed by atoms with Crippen LogP contribution in [0.3, 0.4) is 0 Å². The molecule has 0 radical (unpaired) electrons. The first-order valence-electron chi connectivity index (χ1n) is 7.28. The van der Waals surface area contributed by atoms with Crippen LogP contribution in [0.4, 0.5) is 0 Å². The zero-order chi connectivity index (χ0) is 14.3. The van der Waals surface area contributed by atoms with E-state index in [4.69, 9.17) is 0 Å². The molecule has 5 nitrogen and oxygen atoms in total. The van der Waals surface area contributed by atoms with Crippen molar-refractivity contribution in [2.24, 2.45) is 5.92 Å². The van der Waals surface area contributed by atoms with Crippen molar-refractivity contribution in [2.45, 2.75) is 45.1 Å². The lowest BCUT2D eigenvalue weighted by Gasteiger charge is -2.31. The van der Waals surface area contributed by atoms with E-state index in [9.17, 15) is 13.5 Å². The van der Waals surface area contributed by atoms with Crippen molar-refractivity contribution >= 4 is 10.0 Å². The van der Waals surface area contributed by atoms with Gasteiger partial charge in [0.25, 0.3) is 0 Å². The smallest absolute Gasteiger partial charge is 0.211 e. The van der Waals surface area contributed by atoms with Crippen LogP contribution in [0.1, 0.15) is 39.0 Å². The van der Waals surface area contributed by atoms with Gasteiger partial charge in [0.1, 0.15) is 0 Å². The summed E-state index contributed by atoms with van der Waals surface area (Å²) in [5.74, 6) is 0.517. The highest BCUT2D eigenvalue weighted by molar-refractivity contribution is 7.89. The topological polar surface area (TPSA) is 69.6 Å². The number of rotatable bonds is 8. The van der Waals surface area contributed by atoms with Crippen LogP contribution in [-0.2, 0) is 10.0 Å². The summed E-state index contributed by atoms with van der Waals surface area (Å²) in [4.78, 5) is 2.19. The molecule has 0 aliphatic heterocycles. The van der Waals surface area contributed by atoms with Crippen molar-refractivity contribution in [3.05, 3.63) is 0 Å². The fourth-order valence-corrected chi connectivity index (χ4v) is 3.23. The lowest BCUT2D eigenvalue weighted by molar-refractivity contribution is 0.0513. The van der Waals surface area contributed by atoms with Crippen molar-refractivity contribution in [1.29, 1.82) is 0 Å². The molecule has 0 saturated heterocycles. The summed E-state index contributed by atoms with van der Waals surface area (Å²) in [5.41, 5.74) is 0. The van der Waals surface area contributed by atoms with Gasteiger partial charge in [-0.1, -0.05) is 12.8 Å². The Hall–Kier alpha value is -0.170. The molecule has 0 bridgehead atoms. The number of sulfonamides is 1. The monoisotopic (exact) mass is 292 g/mol. The molecule has 0 spiro atoms. The quantitative estimate of drug-likeness (QED) is 0.649. The Bertz CT molecular complexity index is 346. The van der Waals surface area contributed by atoms with Crippen molar-refractivity contribution in [2.75, 3.05) is 32.4 Å². The van der Waals surface area contributed by atoms with E-state index < -0.39 is 10.0 Å². The third-order valence-corrected chi connectivity index (χ3v) is 5.24. The Kier molecular flexibility index (Phi) is 7.28. The zero-order valence-electron chi connectivity index (χ0n) is 12.1. The molecule has 1 aliphatic rings. The Morgan fingerprint density at radius 3 is 2.63 bits per heavy atom. The molecule has 0 amide bonds. The predicted molar refractivity (Wildman–Crippen MR) is 77.5 cm³/mol. The van der Waals surface area contributed by atoms with Crippen LogP contribution in [0.15, 0.2) is 0 Å². The van der Waals surface area contributed by atoms with E-state index >= 15 is 0 Å². The molecule has 1 rings (SSSR count). The third-order valence-electron chi connectivity index (χ3n) is 3.83. The van der Waals surface area contributed by atoms with Crippen LogP contribution in [0.5, 0.6) is 0 Å². The average Bonchev–Trinajstić information content (AvgIpc) is 2.38. The number of nitrogens with one attached hydrogen (secondary N) is 1. The third kappa shape index (κ3) is 6.70. The Morgan fingerprint density at radius 1 is 1.32 bits per heavy atom. The molecule has 114 valence electrons. The summed E-state index contributed by atoms with van der Waals surface area (Å²) < 4.78 is 25.1. The van der Waals surface area contributed by atoms with Crippen LogP contribution in [0.25, 0.3) is 0 Å². The number of hydrogen-bond donors (Lipinski definition) is 2. The highest BCUT2D eigenvalue weighted by Gasteiger charge is 2.23.